The molecule has 0 aromatic rings. The summed E-state index contributed by atoms with van der Waals surface area (Å²) in [6.07, 6.45) is 6.06. The van der Waals surface area contributed by atoms with Crippen molar-refractivity contribution in [3.05, 3.63) is 23.6 Å². The summed E-state index contributed by atoms with van der Waals surface area (Å²) in [7, 11) is 0. The number of allylic oxidation sites excluding steroid dienone is 4. The molecular weight excluding hydrogens is 139 g/mol. The third kappa shape index (κ3) is 5.84. The molecule has 0 aliphatic heterocycles. The molecule has 0 saturated carbocycles. The van der Waals surface area contributed by atoms with Gasteiger partial charge in [-0.05, 0) is 31.9 Å². The first-order valence-corrected chi connectivity index (χ1v) is 4.23. The van der Waals surface area contributed by atoms with Gasteiger partial charge in [0.2, 0.25) is 0 Å². The van der Waals surface area contributed by atoms with Crippen LogP contribution in [0.5, 0.6) is 0 Å². The third-order valence-corrected chi connectivity index (χ3v) is 1.43. The number of halogens is 1. The average molecular weight is 156 g/mol. The molecule has 0 heterocycles. The van der Waals surface area contributed by atoms with Gasteiger partial charge in [-0.2, -0.15) is 0 Å². The van der Waals surface area contributed by atoms with Crippen molar-refractivity contribution in [1.29, 1.82) is 0 Å². The van der Waals surface area contributed by atoms with E-state index in [0.717, 1.165) is 24.8 Å². The Morgan fingerprint density at radius 2 is 2.00 bits per heavy atom. The Hall–Kier alpha value is -0.590. The molecule has 0 aliphatic rings. The SMILES string of the molecule is CC/C=C(F)\C=C(/C)CCC. The fourth-order valence-electron chi connectivity index (χ4n) is 0.956. The van der Waals surface area contributed by atoms with Crippen molar-refractivity contribution < 1.29 is 4.39 Å². The summed E-state index contributed by atoms with van der Waals surface area (Å²) in [5, 5.41) is 0. The minimum Gasteiger partial charge on any atom is -0.207 e. The van der Waals surface area contributed by atoms with Crippen molar-refractivity contribution in [2.24, 2.45) is 0 Å². The van der Waals surface area contributed by atoms with E-state index >= 15 is 0 Å². The van der Waals surface area contributed by atoms with Gasteiger partial charge < -0.3 is 0 Å². The maximum atomic E-state index is 12.8. The summed E-state index contributed by atoms with van der Waals surface area (Å²) in [5.74, 6) is -0.0987. The van der Waals surface area contributed by atoms with E-state index in [-0.39, 0.29) is 5.83 Å². The van der Waals surface area contributed by atoms with Crippen LogP contribution in [-0.2, 0) is 0 Å². The summed E-state index contributed by atoms with van der Waals surface area (Å²) in [4.78, 5) is 0. The highest BCUT2D eigenvalue weighted by Gasteiger charge is 1.90. The third-order valence-electron chi connectivity index (χ3n) is 1.43. The second-order valence-electron chi connectivity index (χ2n) is 2.74. The largest absolute Gasteiger partial charge is 0.207 e. The molecular formula is C10H17F. The lowest BCUT2D eigenvalue weighted by Crippen LogP contribution is -1.75. The van der Waals surface area contributed by atoms with E-state index in [1.54, 1.807) is 12.2 Å². The fraction of sp³-hybridized carbons (Fsp3) is 0.600. The Labute approximate surface area is 68.8 Å². The van der Waals surface area contributed by atoms with Gasteiger partial charge in [0.15, 0.2) is 0 Å². The predicted octanol–water partition coefficient (Wildman–Crippen LogP) is 4.00. The molecule has 0 aromatic carbocycles. The number of hydrogen-bond donors (Lipinski definition) is 0. The Morgan fingerprint density at radius 1 is 1.36 bits per heavy atom. The quantitative estimate of drug-likeness (QED) is 0.540. The molecule has 0 unspecified atom stereocenters. The van der Waals surface area contributed by atoms with Crippen LogP contribution in [0.1, 0.15) is 40.0 Å². The van der Waals surface area contributed by atoms with Gasteiger partial charge in [-0.25, -0.2) is 4.39 Å². The molecule has 0 N–H and O–H groups in total. The zero-order valence-corrected chi connectivity index (χ0v) is 7.65. The van der Waals surface area contributed by atoms with Crippen LogP contribution in [0.15, 0.2) is 23.6 Å². The standard InChI is InChI=1S/C10H17F/c1-4-6-9(3)8-10(11)7-5-2/h7-8H,4-6H2,1-3H3/b9-8+,10-7+. The van der Waals surface area contributed by atoms with E-state index in [1.807, 2.05) is 13.8 Å². The van der Waals surface area contributed by atoms with Gasteiger partial charge in [0.25, 0.3) is 0 Å². The lowest BCUT2D eigenvalue weighted by Gasteiger charge is -1.95. The monoisotopic (exact) mass is 156 g/mol. The normalized spacial score (nSPS) is 13.8. The second kappa shape index (κ2) is 6.14. The maximum Gasteiger partial charge on any atom is 0.119 e. The average Bonchev–Trinajstić information content (AvgIpc) is 1.87. The first kappa shape index (κ1) is 10.4. The van der Waals surface area contributed by atoms with Gasteiger partial charge in [-0.1, -0.05) is 25.8 Å². The Kier molecular flexibility index (Phi) is 5.81. The molecule has 0 atom stereocenters. The molecule has 1 heteroatoms. The highest BCUT2D eigenvalue weighted by atomic mass is 19.1. The van der Waals surface area contributed by atoms with Crippen molar-refractivity contribution in [2.45, 2.75) is 40.0 Å². The van der Waals surface area contributed by atoms with Gasteiger partial charge in [0.1, 0.15) is 5.83 Å². The molecule has 0 amide bonds. The minimum atomic E-state index is -0.0987. The lowest BCUT2D eigenvalue weighted by molar-refractivity contribution is 0.657. The molecule has 0 spiro atoms. The van der Waals surface area contributed by atoms with E-state index in [0.29, 0.717) is 0 Å². The van der Waals surface area contributed by atoms with Crippen molar-refractivity contribution in [3.63, 3.8) is 0 Å². The Morgan fingerprint density at radius 3 is 2.45 bits per heavy atom. The van der Waals surface area contributed by atoms with E-state index in [9.17, 15) is 4.39 Å². The Balaban J connectivity index is 3.96. The van der Waals surface area contributed by atoms with Gasteiger partial charge in [-0.3, -0.25) is 0 Å². The zero-order chi connectivity index (χ0) is 8.69. The molecule has 11 heavy (non-hydrogen) atoms. The highest BCUT2D eigenvalue weighted by molar-refractivity contribution is 5.16. The molecule has 0 fully saturated rings. The van der Waals surface area contributed by atoms with Crippen LogP contribution in [0.25, 0.3) is 0 Å². The maximum absolute atomic E-state index is 12.8. The van der Waals surface area contributed by atoms with Crippen molar-refractivity contribution in [3.8, 4) is 0 Å². The van der Waals surface area contributed by atoms with Crippen LogP contribution in [0.3, 0.4) is 0 Å². The summed E-state index contributed by atoms with van der Waals surface area (Å²) in [6, 6.07) is 0. The summed E-state index contributed by atoms with van der Waals surface area (Å²) in [5.41, 5.74) is 1.12. The summed E-state index contributed by atoms with van der Waals surface area (Å²) in [6.45, 7) is 5.99. The van der Waals surface area contributed by atoms with E-state index in [2.05, 4.69) is 6.92 Å². The molecule has 0 saturated heterocycles. The first-order valence-electron chi connectivity index (χ1n) is 4.23. The zero-order valence-electron chi connectivity index (χ0n) is 7.65. The topological polar surface area (TPSA) is 0 Å². The van der Waals surface area contributed by atoms with Crippen LogP contribution in [0.4, 0.5) is 4.39 Å². The van der Waals surface area contributed by atoms with Gasteiger partial charge in [0, 0.05) is 0 Å². The van der Waals surface area contributed by atoms with E-state index in [4.69, 9.17) is 0 Å². The summed E-state index contributed by atoms with van der Waals surface area (Å²) < 4.78 is 12.8. The fourth-order valence-corrected chi connectivity index (χ4v) is 0.956. The lowest BCUT2D eigenvalue weighted by atomic mass is 10.1. The van der Waals surface area contributed by atoms with Crippen LogP contribution in [-0.4, -0.2) is 0 Å². The Bertz CT molecular complexity index is 154. The molecule has 0 rings (SSSR count). The van der Waals surface area contributed by atoms with Crippen molar-refractivity contribution >= 4 is 0 Å². The van der Waals surface area contributed by atoms with Crippen molar-refractivity contribution in [1.82, 2.24) is 0 Å². The molecule has 0 bridgehead atoms. The van der Waals surface area contributed by atoms with Crippen LogP contribution < -0.4 is 0 Å². The highest BCUT2D eigenvalue weighted by Crippen LogP contribution is 2.09. The minimum absolute atomic E-state index is 0.0987. The predicted molar refractivity (Wildman–Crippen MR) is 48.1 cm³/mol. The second-order valence-corrected chi connectivity index (χ2v) is 2.74. The van der Waals surface area contributed by atoms with Gasteiger partial charge in [-0.15, -0.1) is 0 Å². The molecule has 0 aromatic heterocycles. The first-order chi connectivity index (χ1) is 5.20. The van der Waals surface area contributed by atoms with Gasteiger partial charge in [0.05, 0.1) is 0 Å². The number of rotatable bonds is 4. The van der Waals surface area contributed by atoms with Crippen molar-refractivity contribution in [2.75, 3.05) is 0 Å². The van der Waals surface area contributed by atoms with Crippen LogP contribution in [0, 0.1) is 0 Å². The van der Waals surface area contributed by atoms with E-state index in [1.165, 1.54) is 0 Å². The van der Waals surface area contributed by atoms with Crippen LogP contribution in [0.2, 0.25) is 0 Å². The smallest absolute Gasteiger partial charge is 0.119 e. The molecule has 64 valence electrons. The van der Waals surface area contributed by atoms with Gasteiger partial charge >= 0.3 is 0 Å². The summed E-state index contributed by atoms with van der Waals surface area (Å²) >= 11 is 0. The molecule has 0 radical (unpaired) electrons. The van der Waals surface area contributed by atoms with E-state index < -0.39 is 0 Å². The molecule has 0 aliphatic carbocycles. The number of hydrogen-bond acceptors (Lipinski definition) is 0. The molecule has 0 nitrogen and oxygen atoms in total. The van der Waals surface area contributed by atoms with Crippen LogP contribution >= 0.6 is 0 Å².